The van der Waals surface area contributed by atoms with Crippen LogP contribution in [0, 0.1) is 6.92 Å². The van der Waals surface area contributed by atoms with Gasteiger partial charge < -0.3 is 39.3 Å². The number of carbonyl (C=O) groups excluding carboxylic acids is 2. The molecule has 0 radical (unpaired) electrons. The Bertz CT molecular complexity index is 806. The Morgan fingerprint density at radius 1 is 1.10 bits per heavy atom. The second-order valence-electron chi connectivity index (χ2n) is 6.64. The van der Waals surface area contributed by atoms with E-state index in [4.69, 9.17) is 4.74 Å². The SMILES string of the molecule is Cc1c(Br)cccc1NC(=O)C(CC[S+](C)C)NC(=O)OCc1ccccc1.[I-]. The van der Waals surface area contributed by atoms with Gasteiger partial charge in [-0.05, 0) is 41.1 Å². The second-order valence-corrected chi connectivity index (χ2v) is 9.87. The van der Waals surface area contributed by atoms with Gasteiger partial charge >= 0.3 is 6.09 Å². The molecule has 0 aliphatic heterocycles. The molecular formula is C21H26BrIN2O3S. The minimum Gasteiger partial charge on any atom is -1.00 e. The summed E-state index contributed by atoms with van der Waals surface area (Å²) in [5.41, 5.74) is 2.55. The first-order valence-electron chi connectivity index (χ1n) is 8.94. The molecule has 0 fully saturated rings. The van der Waals surface area contributed by atoms with Crippen LogP contribution in [0.25, 0.3) is 0 Å². The zero-order valence-corrected chi connectivity index (χ0v) is 21.3. The van der Waals surface area contributed by atoms with E-state index >= 15 is 0 Å². The van der Waals surface area contributed by atoms with Crippen LogP contribution in [-0.2, 0) is 27.0 Å². The van der Waals surface area contributed by atoms with Crippen molar-refractivity contribution in [2.75, 3.05) is 23.6 Å². The van der Waals surface area contributed by atoms with E-state index < -0.39 is 12.1 Å². The van der Waals surface area contributed by atoms with E-state index in [-0.39, 0.29) is 47.4 Å². The minimum atomic E-state index is -0.656. The number of carbonyl (C=O) groups is 2. The fourth-order valence-electron chi connectivity index (χ4n) is 2.49. The molecule has 0 aromatic heterocycles. The summed E-state index contributed by atoms with van der Waals surface area (Å²) in [4.78, 5) is 25.0. The van der Waals surface area contributed by atoms with E-state index in [0.29, 0.717) is 6.42 Å². The van der Waals surface area contributed by atoms with Crippen molar-refractivity contribution in [3.05, 3.63) is 64.1 Å². The van der Waals surface area contributed by atoms with E-state index in [1.165, 1.54) is 0 Å². The summed E-state index contributed by atoms with van der Waals surface area (Å²) >= 11 is 3.47. The lowest BCUT2D eigenvalue weighted by Crippen LogP contribution is -3.00. The lowest BCUT2D eigenvalue weighted by Gasteiger charge is -2.19. The number of nitrogens with one attached hydrogen (secondary N) is 2. The van der Waals surface area contributed by atoms with Crippen molar-refractivity contribution in [3.63, 3.8) is 0 Å². The number of hydrogen-bond donors (Lipinski definition) is 2. The predicted octanol–water partition coefficient (Wildman–Crippen LogP) is 1.26. The smallest absolute Gasteiger partial charge is 0.408 e. The number of rotatable bonds is 8. The van der Waals surface area contributed by atoms with Gasteiger partial charge in [0.25, 0.3) is 0 Å². The number of halogens is 2. The van der Waals surface area contributed by atoms with Gasteiger partial charge in [-0.2, -0.15) is 0 Å². The van der Waals surface area contributed by atoms with Crippen LogP contribution in [0.4, 0.5) is 10.5 Å². The summed E-state index contributed by atoms with van der Waals surface area (Å²) in [5.74, 6) is 0.595. The van der Waals surface area contributed by atoms with Crippen LogP contribution in [0.15, 0.2) is 53.0 Å². The van der Waals surface area contributed by atoms with Crippen molar-refractivity contribution in [2.45, 2.75) is 26.0 Å². The monoisotopic (exact) mass is 592 g/mol. The Morgan fingerprint density at radius 3 is 2.45 bits per heavy atom. The molecule has 1 unspecified atom stereocenters. The maximum Gasteiger partial charge on any atom is 0.408 e. The fourth-order valence-corrected chi connectivity index (χ4v) is 3.57. The Labute approximate surface area is 200 Å². The average molecular weight is 593 g/mol. The highest BCUT2D eigenvalue weighted by atomic mass is 127. The summed E-state index contributed by atoms with van der Waals surface area (Å²) in [6.07, 6.45) is 4.18. The van der Waals surface area contributed by atoms with Gasteiger partial charge in [0.05, 0.1) is 12.5 Å². The predicted molar refractivity (Wildman–Crippen MR) is 120 cm³/mol. The molecule has 0 heterocycles. The van der Waals surface area contributed by atoms with E-state index in [1.54, 1.807) is 0 Å². The van der Waals surface area contributed by atoms with Gasteiger partial charge in [-0.15, -0.1) is 0 Å². The van der Waals surface area contributed by atoms with Crippen molar-refractivity contribution in [1.29, 1.82) is 0 Å². The Balaban J connectivity index is 0.00000420. The van der Waals surface area contributed by atoms with E-state index in [2.05, 4.69) is 39.1 Å². The normalized spacial score (nSPS) is 11.3. The van der Waals surface area contributed by atoms with Gasteiger partial charge in [-0.1, -0.05) is 52.3 Å². The molecule has 1 atom stereocenters. The first kappa shape index (κ1) is 25.8. The number of hydrogen-bond acceptors (Lipinski definition) is 3. The molecule has 5 nitrogen and oxygen atoms in total. The molecule has 0 aliphatic rings. The third kappa shape index (κ3) is 8.96. The number of ether oxygens (including phenoxy) is 1. The van der Waals surface area contributed by atoms with Crippen molar-refractivity contribution < 1.29 is 38.3 Å². The van der Waals surface area contributed by atoms with Crippen LogP contribution < -0.4 is 34.6 Å². The molecule has 2 aromatic rings. The molecule has 0 spiro atoms. The Kier molecular flexibility index (Phi) is 11.7. The number of amides is 2. The molecular weight excluding hydrogens is 567 g/mol. The zero-order chi connectivity index (χ0) is 20.5. The van der Waals surface area contributed by atoms with E-state index in [1.807, 2.05) is 55.5 Å². The van der Waals surface area contributed by atoms with Crippen LogP contribution in [-0.4, -0.2) is 36.3 Å². The van der Waals surface area contributed by atoms with Crippen LogP contribution >= 0.6 is 15.9 Å². The number of anilines is 1. The molecule has 0 bridgehead atoms. The maximum absolute atomic E-state index is 12.8. The molecule has 2 amide bonds. The van der Waals surface area contributed by atoms with Crippen LogP contribution in [0.2, 0.25) is 0 Å². The quantitative estimate of drug-likeness (QED) is 0.358. The first-order valence-corrected chi connectivity index (χ1v) is 11.9. The largest absolute Gasteiger partial charge is 1.00 e. The average Bonchev–Trinajstić information content (AvgIpc) is 2.67. The number of benzene rings is 2. The summed E-state index contributed by atoms with van der Waals surface area (Å²) in [5, 5.41) is 5.63. The molecule has 8 heteroatoms. The minimum absolute atomic E-state index is 0. The standard InChI is InChI=1S/C21H25BrN2O3S.HI/c1-15-17(22)10-7-11-18(15)23-20(25)19(12-13-28(2)3)24-21(26)27-14-16-8-5-4-6-9-16;/h4-11,19H,12-14H2,1-3H3,(H-,23,24,25,26);1H. The van der Waals surface area contributed by atoms with Crippen LogP contribution in [0.3, 0.4) is 0 Å². The van der Waals surface area contributed by atoms with Crippen molar-refractivity contribution in [2.24, 2.45) is 0 Å². The molecule has 2 N–H and O–H groups in total. The maximum atomic E-state index is 12.8. The van der Waals surface area contributed by atoms with Gasteiger partial charge in [0.15, 0.2) is 0 Å². The summed E-state index contributed by atoms with van der Waals surface area (Å²) < 4.78 is 6.19. The highest BCUT2D eigenvalue weighted by Crippen LogP contribution is 2.23. The Morgan fingerprint density at radius 2 is 1.79 bits per heavy atom. The summed E-state index contributed by atoms with van der Waals surface area (Å²) in [6, 6.07) is 14.4. The molecule has 0 saturated carbocycles. The summed E-state index contributed by atoms with van der Waals surface area (Å²) in [7, 11) is 0.165. The summed E-state index contributed by atoms with van der Waals surface area (Å²) in [6.45, 7) is 2.09. The van der Waals surface area contributed by atoms with Crippen molar-refractivity contribution in [1.82, 2.24) is 5.32 Å². The molecule has 29 heavy (non-hydrogen) atoms. The first-order chi connectivity index (χ1) is 13.4. The Hall–Kier alpha value is -1.26. The van der Waals surface area contributed by atoms with E-state index in [9.17, 15) is 9.59 Å². The highest BCUT2D eigenvalue weighted by Gasteiger charge is 2.24. The third-order valence-corrected chi connectivity index (χ3v) is 6.07. The zero-order valence-electron chi connectivity index (χ0n) is 16.7. The lowest BCUT2D eigenvalue weighted by molar-refractivity contribution is -0.118. The molecule has 2 rings (SSSR count). The molecule has 0 aliphatic carbocycles. The van der Waals surface area contributed by atoms with Gasteiger partial charge in [-0.3, -0.25) is 4.79 Å². The number of alkyl carbamates (subject to hydrolysis) is 1. The van der Waals surface area contributed by atoms with Gasteiger partial charge in [0, 0.05) is 16.6 Å². The third-order valence-electron chi connectivity index (χ3n) is 4.16. The van der Waals surface area contributed by atoms with Gasteiger partial charge in [0.2, 0.25) is 5.91 Å². The highest BCUT2D eigenvalue weighted by molar-refractivity contribution is 9.10. The van der Waals surface area contributed by atoms with Gasteiger partial charge in [-0.25, -0.2) is 4.79 Å². The van der Waals surface area contributed by atoms with Crippen molar-refractivity contribution in [3.8, 4) is 0 Å². The van der Waals surface area contributed by atoms with E-state index in [0.717, 1.165) is 27.0 Å². The fraction of sp³-hybridized carbons (Fsp3) is 0.333. The molecule has 0 saturated heterocycles. The molecule has 158 valence electrons. The molecule has 2 aromatic carbocycles. The topological polar surface area (TPSA) is 67.4 Å². The van der Waals surface area contributed by atoms with Gasteiger partial charge in [0.1, 0.15) is 18.4 Å². The van der Waals surface area contributed by atoms with Crippen LogP contribution in [0.1, 0.15) is 17.5 Å². The van der Waals surface area contributed by atoms with Crippen LogP contribution in [0.5, 0.6) is 0 Å². The van der Waals surface area contributed by atoms with Crippen molar-refractivity contribution >= 4 is 44.5 Å². The lowest BCUT2D eigenvalue weighted by atomic mass is 10.1. The second kappa shape index (κ2) is 13.1.